The molecule has 1 aromatic carbocycles. The number of aryl methyl sites for hydroxylation is 1. The van der Waals surface area contributed by atoms with Gasteiger partial charge < -0.3 is 9.47 Å². The van der Waals surface area contributed by atoms with E-state index in [0.717, 1.165) is 10.0 Å². The first-order chi connectivity index (χ1) is 11.9. The number of hydrogen-bond acceptors (Lipinski definition) is 4. The van der Waals surface area contributed by atoms with Crippen LogP contribution in [-0.2, 0) is 6.54 Å². The second-order valence-electron chi connectivity index (χ2n) is 5.70. The van der Waals surface area contributed by atoms with Crippen LogP contribution >= 0.6 is 15.9 Å². The van der Waals surface area contributed by atoms with Gasteiger partial charge in [0.25, 0.3) is 5.56 Å². The van der Waals surface area contributed by atoms with Gasteiger partial charge in [-0.1, -0.05) is 22.5 Å². The molecule has 0 saturated carbocycles. The smallest absolute Gasteiger partial charge is 0.274 e. The molecule has 2 rings (SSSR count). The Morgan fingerprint density at radius 3 is 2.76 bits per heavy atom. The van der Waals surface area contributed by atoms with Crippen molar-refractivity contribution in [2.24, 2.45) is 0 Å². The molecule has 1 aromatic heterocycles. The van der Waals surface area contributed by atoms with Gasteiger partial charge in [-0.2, -0.15) is 5.26 Å². The van der Waals surface area contributed by atoms with Crippen LogP contribution in [0.3, 0.4) is 0 Å². The van der Waals surface area contributed by atoms with E-state index in [-0.39, 0.29) is 18.1 Å². The molecular formula is C18H20BrN3O3. The number of aromatic nitrogens is 2. The molecular weight excluding hydrogens is 386 g/mol. The van der Waals surface area contributed by atoms with Gasteiger partial charge in [0.1, 0.15) is 0 Å². The van der Waals surface area contributed by atoms with Gasteiger partial charge in [0.05, 0.1) is 42.8 Å². The molecule has 6 nitrogen and oxygen atoms in total. The highest BCUT2D eigenvalue weighted by Crippen LogP contribution is 2.34. The fourth-order valence-corrected chi connectivity index (χ4v) is 2.78. The first kappa shape index (κ1) is 18.9. The van der Waals surface area contributed by atoms with Gasteiger partial charge in [0.15, 0.2) is 11.5 Å². The number of halogens is 1. The van der Waals surface area contributed by atoms with E-state index in [1.165, 1.54) is 4.68 Å². The predicted octanol–water partition coefficient (Wildman–Crippen LogP) is 1.89. The van der Waals surface area contributed by atoms with Crippen LogP contribution in [0.5, 0.6) is 11.5 Å². The second kappa shape index (κ2) is 8.08. The zero-order valence-corrected chi connectivity index (χ0v) is 16.0. The van der Waals surface area contributed by atoms with E-state index in [0.29, 0.717) is 28.6 Å². The topological polar surface area (TPSA) is 80.0 Å². The second-order valence-corrected chi connectivity index (χ2v) is 6.56. The van der Waals surface area contributed by atoms with Crippen LogP contribution in [0.25, 0.3) is 12.7 Å². The molecule has 1 N–H and O–H groups in total. The Kier molecular flexibility index (Phi) is 6.10. The normalized spacial score (nSPS) is 11.6. The maximum Gasteiger partial charge on any atom is 0.274 e. The molecule has 0 bridgehead atoms. The quantitative estimate of drug-likeness (QED) is 0.795. The highest BCUT2D eigenvalue weighted by molar-refractivity contribution is 9.10. The van der Waals surface area contributed by atoms with Crippen LogP contribution in [0.1, 0.15) is 25.8 Å². The molecule has 0 radical (unpaired) electrons. The Balaban J connectivity index is 2.55. The number of nitriles is 1. The highest BCUT2D eigenvalue weighted by Gasteiger charge is 2.11. The van der Waals surface area contributed by atoms with E-state index in [1.807, 2.05) is 26.0 Å². The van der Waals surface area contributed by atoms with Crippen LogP contribution in [0.15, 0.2) is 21.4 Å². The van der Waals surface area contributed by atoms with Gasteiger partial charge in [0, 0.05) is 4.47 Å². The third kappa shape index (κ3) is 4.34. The molecule has 0 aliphatic heterocycles. The number of nitrogens with zero attached hydrogens (tertiary/aromatic N) is 2. The lowest BCUT2D eigenvalue weighted by atomic mass is 10.1. The van der Waals surface area contributed by atoms with Crippen LogP contribution < -0.4 is 25.6 Å². The summed E-state index contributed by atoms with van der Waals surface area (Å²) in [7, 11) is 1.57. The zero-order chi connectivity index (χ0) is 18.6. The molecule has 25 heavy (non-hydrogen) atoms. The van der Waals surface area contributed by atoms with Crippen molar-refractivity contribution < 1.29 is 9.47 Å². The minimum atomic E-state index is -0.214. The molecule has 0 spiro atoms. The maximum atomic E-state index is 12.5. The third-order valence-electron chi connectivity index (χ3n) is 3.46. The number of H-pyrrole nitrogens is 1. The first-order valence-corrected chi connectivity index (χ1v) is 8.57. The number of methoxy groups -OCH3 is 1. The zero-order valence-electron chi connectivity index (χ0n) is 14.4. The lowest BCUT2D eigenvalue weighted by Crippen LogP contribution is -2.34. The van der Waals surface area contributed by atoms with Crippen molar-refractivity contribution >= 4 is 28.6 Å². The number of benzene rings is 1. The van der Waals surface area contributed by atoms with E-state index in [4.69, 9.17) is 14.7 Å². The molecule has 0 aliphatic carbocycles. The fraction of sp³-hybridized carbons (Fsp3) is 0.333. The molecule has 7 heteroatoms. The van der Waals surface area contributed by atoms with E-state index >= 15 is 0 Å². The van der Waals surface area contributed by atoms with Crippen LogP contribution in [0.4, 0.5) is 0 Å². The number of ether oxygens (including phenoxy) is 2. The predicted molar refractivity (Wildman–Crippen MR) is 100 cm³/mol. The van der Waals surface area contributed by atoms with Crippen molar-refractivity contribution in [2.45, 2.75) is 32.9 Å². The molecule has 0 unspecified atom stereocenters. The summed E-state index contributed by atoms with van der Waals surface area (Å²) in [5, 5.41) is 12.5. The van der Waals surface area contributed by atoms with E-state index in [9.17, 15) is 4.79 Å². The Morgan fingerprint density at radius 2 is 2.16 bits per heavy atom. The number of rotatable bonds is 6. The molecule has 0 amide bonds. The minimum absolute atomic E-state index is 0.0130. The highest BCUT2D eigenvalue weighted by atomic mass is 79.9. The van der Waals surface area contributed by atoms with Gasteiger partial charge >= 0.3 is 0 Å². The maximum absolute atomic E-state index is 12.5. The van der Waals surface area contributed by atoms with Crippen molar-refractivity contribution in [3.8, 4) is 17.6 Å². The molecule has 0 atom stereocenters. The van der Waals surface area contributed by atoms with Crippen LogP contribution in [-0.4, -0.2) is 23.0 Å². The summed E-state index contributed by atoms with van der Waals surface area (Å²) >= 11 is 3.51. The molecule has 1 heterocycles. The van der Waals surface area contributed by atoms with Gasteiger partial charge in [0.2, 0.25) is 0 Å². The van der Waals surface area contributed by atoms with Gasteiger partial charge in [-0.3, -0.25) is 14.6 Å². The monoisotopic (exact) mass is 405 g/mol. The lowest BCUT2D eigenvalue weighted by Gasteiger charge is -2.15. The van der Waals surface area contributed by atoms with E-state index in [1.54, 1.807) is 19.3 Å². The standard InChI is InChI=1S/C18H20BrN3O3/c1-11(2)25-17-10-15(19)13(9-16(17)24-4)8-14-12(3)21-22(18(14)23)7-5-6-20/h8-11,21H,3,5,7H2,1-2,4H3/b14-8-. The Labute approximate surface area is 154 Å². The number of hydrogen-bond donors (Lipinski definition) is 1. The van der Waals surface area contributed by atoms with Crippen LogP contribution in [0, 0.1) is 11.3 Å². The van der Waals surface area contributed by atoms with Crippen molar-refractivity contribution in [3.63, 3.8) is 0 Å². The van der Waals surface area contributed by atoms with Crippen molar-refractivity contribution in [2.75, 3.05) is 7.11 Å². The molecule has 132 valence electrons. The minimum Gasteiger partial charge on any atom is -0.493 e. The van der Waals surface area contributed by atoms with Crippen molar-refractivity contribution in [1.29, 1.82) is 5.26 Å². The summed E-state index contributed by atoms with van der Waals surface area (Å²) < 4.78 is 13.3. The SMILES string of the molecule is C=c1[nH]n(CCC#N)c(=O)/c1=C\c1cc(OC)c(OC(C)C)cc1Br. The summed E-state index contributed by atoms with van der Waals surface area (Å²) in [5.41, 5.74) is 0.551. The fourth-order valence-electron chi connectivity index (χ4n) is 2.34. The molecule has 0 aliphatic rings. The Morgan fingerprint density at radius 1 is 1.44 bits per heavy atom. The van der Waals surface area contributed by atoms with Gasteiger partial charge in [-0.15, -0.1) is 0 Å². The van der Waals surface area contributed by atoms with Crippen molar-refractivity contribution in [1.82, 2.24) is 9.78 Å². The molecule has 0 saturated heterocycles. The Bertz CT molecular complexity index is 967. The van der Waals surface area contributed by atoms with E-state index < -0.39 is 0 Å². The van der Waals surface area contributed by atoms with Gasteiger partial charge in [-0.05, 0) is 37.6 Å². The average Bonchev–Trinajstić information content (AvgIpc) is 2.82. The number of nitrogens with one attached hydrogen (secondary N) is 1. The lowest BCUT2D eigenvalue weighted by molar-refractivity contribution is 0.230. The summed E-state index contributed by atoms with van der Waals surface area (Å²) in [6.45, 7) is 8.05. The van der Waals surface area contributed by atoms with Gasteiger partial charge in [-0.25, -0.2) is 0 Å². The third-order valence-corrected chi connectivity index (χ3v) is 4.15. The molecule has 2 aromatic rings. The summed E-state index contributed by atoms with van der Waals surface area (Å²) in [5.74, 6) is 1.20. The first-order valence-electron chi connectivity index (χ1n) is 7.78. The van der Waals surface area contributed by atoms with Crippen molar-refractivity contribution in [3.05, 3.63) is 43.1 Å². The average molecular weight is 406 g/mol. The summed E-state index contributed by atoms with van der Waals surface area (Å²) in [4.78, 5) is 12.5. The Hall–Kier alpha value is -2.46. The molecule has 0 fully saturated rings. The summed E-state index contributed by atoms with van der Waals surface area (Å²) in [6.07, 6.45) is 1.99. The summed E-state index contributed by atoms with van der Waals surface area (Å²) in [6, 6.07) is 5.63. The van der Waals surface area contributed by atoms with Crippen LogP contribution in [0.2, 0.25) is 0 Å². The largest absolute Gasteiger partial charge is 0.493 e. The van der Waals surface area contributed by atoms with E-state index in [2.05, 4.69) is 27.6 Å². The number of aromatic amines is 1.